The molecule has 0 saturated carbocycles. The predicted octanol–water partition coefficient (Wildman–Crippen LogP) is 0.495. The topological polar surface area (TPSA) is 32.9 Å². The normalized spacial score (nSPS) is 8.80. The van der Waals surface area contributed by atoms with E-state index in [0.717, 1.165) is 12.3 Å². The number of H-pyrrole nitrogens is 1. The summed E-state index contributed by atoms with van der Waals surface area (Å²) in [5.41, 5.74) is -0.427. The minimum Gasteiger partial charge on any atom is -0.325 e. The fourth-order valence-corrected chi connectivity index (χ4v) is 0.565. The molecule has 0 aliphatic rings. The second-order valence-electron chi connectivity index (χ2n) is 1.71. The zero-order valence-corrected chi connectivity index (χ0v) is 5.02. The van der Waals surface area contributed by atoms with Crippen LogP contribution in [-0.4, -0.2) is 4.98 Å². The third kappa shape index (κ3) is 1.06. The molecule has 0 fully saturated rings. The third-order valence-corrected chi connectivity index (χ3v) is 1.02. The Morgan fingerprint density at radius 2 is 2.40 bits per heavy atom. The van der Waals surface area contributed by atoms with Gasteiger partial charge >= 0.3 is 0 Å². The van der Waals surface area contributed by atoms with E-state index >= 15 is 0 Å². The number of nitrogens with one attached hydrogen (secondary N) is 1. The molecule has 0 amide bonds. The van der Waals surface area contributed by atoms with E-state index in [-0.39, 0.29) is 5.56 Å². The molecule has 0 unspecified atom stereocenters. The van der Waals surface area contributed by atoms with Crippen molar-refractivity contribution in [2.75, 3.05) is 0 Å². The molecule has 0 bridgehead atoms. The fraction of sp³-hybridized carbons (Fsp3) is 0. The van der Waals surface area contributed by atoms with Gasteiger partial charge in [-0.1, -0.05) is 5.92 Å². The first-order valence-corrected chi connectivity index (χ1v) is 2.59. The molecule has 0 spiro atoms. The Hall–Kier alpha value is -1.56. The quantitative estimate of drug-likeness (QED) is 0.519. The summed E-state index contributed by atoms with van der Waals surface area (Å²) >= 11 is 0. The van der Waals surface area contributed by atoms with Crippen LogP contribution in [0.2, 0.25) is 0 Å². The van der Waals surface area contributed by atoms with Crippen molar-refractivity contribution in [3.05, 3.63) is 34.0 Å². The van der Waals surface area contributed by atoms with Gasteiger partial charge in [0.05, 0.1) is 5.56 Å². The van der Waals surface area contributed by atoms with Gasteiger partial charge in [-0.3, -0.25) is 4.79 Å². The van der Waals surface area contributed by atoms with Crippen LogP contribution in [0.4, 0.5) is 4.39 Å². The molecule has 1 rings (SSSR count). The van der Waals surface area contributed by atoms with Gasteiger partial charge in [0.15, 0.2) is 0 Å². The van der Waals surface area contributed by atoms with Gasteiger partial charge in [0.2, 0.25) is 0 Å². The van der Waals surface area contributed by atoms with Crippen molar-refractivity contribution in [3.8, 4) is 12.3 Å². The first-order chi connectivity index (χ1) is 4.74. The van der Waals surface area contributed by atoms with Crippen LogP contribution in [0.3, 0.4) is 0 Å². The fourth-order valence-electron chi connectivity index (χ4n) is 0.565. The van der Waals surface area contributed by atoms with Crippen LogP contribution >= 0.6 is 0 Å². The SMILES string of the molecule is C#Cc1cc(F)c[nH]c1=O. The Kier molecular flexibility index (Phi) is 1.55. The second kappa shape index (κ2) is 2.36. The summed E-state index contributed by atoms with van der Waals surface area (Å²) in [4.78, 5) is 12.8. The zero-order valence-electron chi connectivity index (χ0n) is 5.02. The molecule has 0 aromatic carbocycles. The Labute approximate surface area is 56.7 Å². The number of aromatic nitrogens is 1. The first kappa shape index (κ1) is 6.56. The number of rotatable bonds is 0. The summed E-state index contributed by atoms with van der Waals surface area (Å²) in [5, 5.41) is 0. The van der Waals surface area contributed by atoms with E-state index in [0.29, 0.717) is 0 Å². The van der Waals surface area contributed by atoms with E-state index in [4.69, 9.17) is 6.42 Å². The lowest BCUT2D eigenvalue weighted by Crippen LogP contribution is -2.08. The lowest BCUT2D eigenvalue weighted by atomic mass is 10.3. The smallest absolute Gasteiger partial charge is 0.263 e. The number of aromatic amines is 1. The van der Waals surface area contributed by atoms with Gasteiger partial charge in [-0.25, -0.2) is 4.39 Å². The summed E-state index contributed by atoms with van der Waals surface area (Å²) in [6.45, 7) is 0. The van der Waals surface area contributed by atoms with Crippen molar-refractivity contribution in [3.63, 3.8) is 0 Å². The lowest BCUT2D eigenvalue weighted by Gasteiger charge is -1.87. The molecule has 2 nitrogen and oxygen atoms in total. The van der Waals surface area contributed by atoms with Crippen LogP contribution in [-0.2, 0) is 0 Å². The molecule has 1 heterocycles. The summed E-state index contributed by atoms with van der Waals surface area (Å²) < 4.78 is 12.3. The highest BCUT2D eigenvalue weighted by atomic mass is 19.1. The molecule has 0 atom stereocenters. The molecule has 0 aliphatic heterocycles. The van der Waals surface area contributed by atoms with Crippen molar-refractivity contribution >= 4 is 0 Å². The molecule has 1 aromatic rings. The van der Waals surface area contributed by atoms with Crippen molar-refractivity contribution in [1.82, 2.24) is 4.98 Å². The number of hydrogen-bond acceptors (Lipinski definition) is 1. The zero-order chi connectivity index (χ0) is 7.56. The van der Waals surface area contributed by atoms with Crippen LogP contribution in [0, 0.1) is 18.2 Å². The molecule has 10 heavy (non-hydrogen) atoms. The molecule has 1 aromatic heterocycles. The van der Waals surface area contributed by atoms with Gasteiger partial charge < -0.3 is 4.98 Å². The van der Waals surface area contributed by atoms with Crippen LogP contribution in [0.15, 0.2) is 17.1 Å². The maximum Gasteiger partial charge on any atom is 0.263 e. The van der Waals surface area contributed by atoms with Crippen LogP contribution < -0.4 is 5.56 Å². The average molecular weight is 137 g/mol. The largest absolute Gasteiger partial charge is 0.325 e. The van der Waals surface area contributed by atoms with E-state index in [9.17, 15) is 9.18 Å². The van der Waals surface area contributed by atoms with Gasteiger partial charge in [-0.15, -0.1) is 6.42 Å². The average Bonchev–Trinajstić information content (AvgIpc) is 1.94. The van der Waals surface area contributed by atoms with Gasteiger partial charge in [0, 0.05) is 6.20 Å². The minimum absolute atomic E-state index is 0.0139. The Balaban J connectivity index is 3.40. The highest BCUT2D eigenvalue weighted by Crippen LogP contribution is 1.92. The highest BCUT2D eigenvalue weighted by Gasteiger charge is 1.95. The van der Waals surface area contributed by atoms with E-state index in [1.54, 1.807) is 0 Å². The second-order valence-corrected chi connectivity index (χ2v) is 1.71. The predicted molar refractivity (Wildman–Crippen MR) is 35.0 cm³/mol. The molecular weight excluding hydrogens is 133 g/mol. The summed E-state index contributed by atoms with van der Waals surface area (Å²) in [7, 11) is 0. The summed E-state index contributed by atoms with van der Waals surface area (Å²) in [6, 6.07) is 1.01. The van der Waals surface area contributed by atoms with Gasteiger partial charge in [0.25, 0.3) is 5.56 Å². The molecule has 1 N–H and O–H groups in total. The van der Waals surface area contributed by atoms with Crippen molar-refractivity contribution in [1.29, 1.82) is 0 Å². The van der Waals surface area contributed by atoms with E-state index in [1.807, 2.05) is 0 Å². The number of pyridine rings is 1. The minimum atomic E-state index is -0.535. The van der Waals surface area contributed by atoms with E-state index in [1.165, 1.54) is 0 Å². The van der Waals surface area contributed by atoms with Gasteiger partial charge in [0.1, 0.15) is 5.82 Å². The molecule has 0 radical (unpaired) electrons. The summed E-state index contributed by atoms with van der Waals surface area (Å²) in [5.74, 6) is 1.52. The van der Waals surface area contributed by atoms with Gasteiger partial charge in [-0.05, 0) is 6.07 Å². The molecular formula is C7H4FNO. The highest BCUT2D eigenvalue weighted by molar-refractivity contribution is 5.28. The summed E-state index contributed by atoms with van der Waals surface area (Å²) in [6.07, 6.45) is 5.84. The van der Waals surface area contributed by atoms with E-state index < -0.39 is 11.4 Å². The number of hydrogen-bond donors (Lipinski definition) is 1. The van der Waals surface area contributed by atoms with Crippen molar-refractivity contribution < 1.29 is 4.39 Å². The van der Waals surface area contributed by atoms with E-state index in [2.05, 4.69) is 10.9 Å². The van der Waals surface area contributed by atoms with Crippen LogP contribution in [0.1, 0.15) is 5.56 Å². The standard InChI is InChI=1S/C7H4FNO/c1-2-5-3-6(8)4-9-7(5)10/h1,3-4H,(H,9,10). The maximum atomic E-state index is 12.3. The molecule has 3 heteroatoms. The molecule has 0 saturated heterocycles. The Bertz CT molecular complexity index is 334. The molecule has 0 aliphatic carbocycles. The maximum absolute atomic E-state index is 12.3. The van der Waals surface area contributed by atoms with Crippen molar-refractivity contribution in [2.24, 2.45) is 0 Å². The van der Waals surface area contributed by atoms with Gasteiger partial charge in [-0.2, -0.15) is 0 Å². The number of halogens is 1. The first-order valence-electron chi connectivity index (χ1n) is 2.59. The Morgan fingerprint density at radius 1 is 1.70 bits per heavy atom. The Morgan fingerprint density at radius 3 is 2.90 bits per heavy atom. The lowest BCUT2D eigenvalue weighted by molar-refractivity contribution is 0.619. The number of terminal acetylenes is 1. The van der Waals surface area contributed by atoms with Crippen LogP contribution in [0.5, 0.6) is 0 Å². The molecule has 50 valence electrons. The van der Waals surface area contributed by atoms with Crippen molar-refractivity contribution in [2.45, 2.75) is 0 Å². The third-order valence-electron chi connectivity index (χ3n) is 1.02. The van der Waals surface area contributed by atoms with Crippen LogP contribution in [0.25, 0.3) is 0 Å². The monoisotopic (exact) mass is 137 g/mol.